The van der Waals surface area contributed by atoms with Gasteiger partial charge in [0.2, 0.25) is 0 Å². The SMILES string of the molecule is COc1cc(/C=N\NC(F)(F)C(F)(F)C(F)(F)F)cc(Cl)c1OC(C)C. The molecule has 1 aromatic carbocycles. The summed E-state index contributed by atoms with van der Waals surface area (Å²) in [5.74, 6) is -6.09. The molecule has 0 bridgehead atoms. The molecule has 0 unspecified atom stereocenters. The Morgan fingerprint density at radius 1 is 1.12 bits per heavy atom. The van der Waals surface area contributed by atoms with Crippen LogP contribution in [0.3, 0.4) is 0 Å². The molecule has 0 aliphatic carbocycles. The second kappa shape index (κ2) is 7.77. The Kier molecular flexibility index (Phi) is 6.61. The summed E-state index contributed by atoms with van der Waals surface area (Å²) in [6, 6.07) is -3.27. The number of alkyl halides is 7. The first-order chi connectivity index (χ1) is 11.7. The van der Waals surface area contributed by atoms with Gasteiger partial charge in [0.05, 0.1) is 24.5 Å². The Labute approximate surface area is 148 Å². The van der Waals surface area contributed by atoms with Crippen molar-refractivity contribution in [1.29, 1.82) is 0 Å². The minimum Gasteiger partial charge on any atom is -0.493 e. The van der Waals surface area contributed by atoms with E-state index in [1.807, 2.05) is 0 Å². The molecule has 0 atom stereocenters. The highest BCUT2D eigenvalue weighted by atomic mass is 35.5. The first-order valence-corrected chi connectivity index (χ1v) is 7.27. The quantitative estimate of drug-likeness (QED) is 0.302. The first kappa shape index (κ1) is 22.1. The van der Waals surface area contributed by atoms with E-state index in [1.165, 1.54) is 19.2 Å². The third-order valence-corrected chi connectivity index (χ3v) is 3.06. The number of halogens is 8. The lowest BCUT2D eigenvalue weighted by Crippen LogP contribution is -2.58. The van der Waals surface area contributed by atoms with Crippen molar-refractivity contribution < 1.29 is 40.2 Å². The van der Waals surface area contributed by atoms with E-state index in [0.717, 1.165) is 0 Å². The van der Waals surface area contributed by atoms with Crippen LogP contribution in [-0.2, 0) is 0 Å². The lowest BCUT2D eigenvalue weighted by molar-refractivity contribution is -0.361. The molecule has 26 heavy (non-hydrogen) atoms. The second-order valence-corrected chi connectivity index (χ2v) is 5.62. The number of nitrogens with one attached hydrogen (secondary N) is 1. The summed E-state index contributed by atoms with van der Waals surface area (Å²) in [6.45, 7) is 3.41. The molecule has 1 rings (SSSR count). The lowest BCUT2D eigenvalue weighted by Gasteiger charge is -2.27. The van der Waals surface area contributed by atoms with Crippen molar-refractivity contribution in [2.45, 2.75) is 38.1 Å². The predicted octanol–water partition coefficient (Wildman–Crippen LogP) is 4.85. The zero-order valence-electron chi connectivity index (χ0n) is 13.6. The van der Waals surface area contributed by atoms with Gasteiger partial charge in [-0.25, -0.2) is 5.43 Å². The largest absolute Gasteiger partial charge is 0.493 e. The molecule has 0 aromatic heterocycles. The van der Waals surface area contributed by atoms with Gasteiger partial charge >= 0.3 is 18.1 Å². The van der Waals surface area contributed by atoms with Gasteiger partial charge in [0.1, 0.15) is 0 Å². The van der Waals surface area contributed by atoms with Gasteiger partial charge in [0.15, 0.2) is 11.5 Å². The van der Waals surface area contributed by atoms with E-state index in [2.05, 4.69) is 5.10 Å². The van der Waals surface area contributed by atoms with Crippen molar-refractivity contribution in [1.82, 2.24) is 5.43 Å². The smallest absolute Gasteiger partial charge is 0.462 e. The van der Waals surface area contributed by atoms with Crippen molar-refractivity contribution in [3.05, 3.63) is 22.7 Å². The maximum absolute atomic E-state index is 13.1. The van der Waals surface area contributed by atoms with Crippen molar-refractivity contribution in [3.8, 4) is 11.5 Å². The van der Waals surface area contributed by atoms with E-state index in [-0.39, 0.29) is 28.2 Å². The number of ether oxygens (including phenoxy) is 2. The van der Waals surface area contributed by atoms with Crippen LogP contribution in [0.1, 0.15) is 19.4 Å². The molecule has 1 N–H and O–H groups in total. The Balaban J connectivity index is 3.04. The predicted molar refractivity (Wildman–Crippen MR) is 80.4 cm³/mol. The van der Waals surface area contributed by atoms with Gasteiger partial charge in [0, 0.05) is 0 Å². The molecule has 0 aliphatic rings. The molecule has 1 aromatic rings. The summed E-state index contributed by atoms with van der Waals surface area (Å²) in [5, 5.41) is 2.73. The fourth-order valence-electron chi connectivity index (χ4n) is 1.60. The number of hydrazone groups is 1. The average Bonchev–Trinajstić information content (AvgIpc) is 2.47. The van der Waals surface area contributed by atoms with Gasteiger partial charge in [-0.05, 0) is 31.5 Å². The highest BCUT2D eigenvalue weighted by Gasteiger charge is 2.73. The zero-order chi connectivity index (χ0) is 20.3. The Morgan fingerprint density at radius 2 is 1.69 bits per heavy atom. The second-order valence-electron chi connectivity index (χ2n) is 5.22. The monoisotopic (exact) mass is 410 g/mol. The van der Waals surface area contributed by atoms with Crippen LogP contribution in [-0.4, -0.2) is 37.6 Å². The minimum atomic E-state index is -6.46. The summed E-state index contributed by atoms with van der Waals surface area (Å²) in [4.78, 5) is 0. The molecule has 0 saturated heterocycles. The van der Waals surface area contributed by atoms with Crippen LogP contribution in [0.4, 0.5) is 30.7 Å². The lowest BCUT2D eigenvalue weighted by atomic mass is 10.2. The number of hydrogen-bond donors (Lipinski definition) is 1. The van der Waals surface area contributed by atoms with Crippen molar-refractivity contribution in [2.75, 3.05) is 7.11 Å². The molecule has 0 saturated carbocycles. The number of rotatable bonds is 7. The molecule has 0 spiro atoms. The molecule has 0 radical (unpaired) electrons. The Hall–Kier alpha value is -1.91. The molecule has 0 heterocycles. The fraction of sp³-hybridized carbons (Fsp3) is 0.500. The molecule has 4 nitrogen and oxygen atoms in total. The molecule has 0 amide bonds. The van der Waals surface area contributed by atoms with Crippen LogP contribution in [0.5, 0.6) is 11.5 Å². The van der Waals surface area contributed by atoms with Crippen LogP contribution in [0.25, 0.3) is 0 Å². The van der Waals surface area contributed by atoms with E-state index < -0.39 is 18.1 Å². The molecule has 0 aliphatic heterocycles. The van der Waals surface area contributed by atoms with Crippen LogP contribution < -0.4 is 14.9 Å². The van der Waals surface area contributed by atoms with Gasteiger partial charge in [-0.2, -0.15) is 35.8 Å². The molecular weight excluding hydrogens is 397 g/mol. The normalized spacial score (nSPS) is 13.4. The van der Waals surface area contributed by atoms with Gasteiger partial charge in [0.25, 0.3) is 0 Å². The highest BCUT2D eigenvalue weighted by molar-refractivity contribution is 6.32. The summed E-state index contributed by atoms with van der Waals surface area (Å²) in [5.41, 5.74) is 0.497. The highest BCUT2D eigenvalue weighted by Crippen LogP contribution is 2.45. The summed E-state index contributed by atoms with van der Waals surface area (Å²) >= 11 is 5.95. The van der Waals surface area contributed by atoms with Crippen molar-refractivity contribution in [3.63, 3.8) is 0 Å². The molecule has 0 fully saturated rings. The zero-order valence-corrected chi connectivity index (χ0v) is 14.4. The summed E-state index contributed by atoms with van der Waals surface area (Å²) in [7, 11) is 1.26. The van der Waals surface area contributed by atoms with E-state index in [1.54, 1.807) is 13.8 Å². The maximum atomic E-state index is 13.1. The van der Waals surface area contributed by atoms with Gasteiger partial charge in [-0.3, -0.25) is 0 Å². The fourth-order valence-corrected chi connectivity index (χ4v) is 1.86. The first-order valence-electron chi connectivity index (χ1n) is 6.89. The Morgan fingerprint density at radius 3 is 2.15 bits per heavy atom. The van der Waals surface area contributed by atoms with Crippen molar-refractivity contribution >= 4 is 17.8 Å². The van der Waals surface area contributed by atoms with Crippen molar-refractivity contribution in [2.24, 2.45) is 5.10 Å². The van der Waals surface area contributed by atoms with E-state index in [0.29, 0.717) is 11.6 Å². The third kappa shape index (κ3) is 4.83. The van der Waals surface area contributed by atoms with Crippen LogP contribution >= 0.6 is 11.6 Å². The topological polar surface area (TPSA) is 42.8 Å². The maximum Gasteiger partial charge on any atom is 0.462 e. The standard InChI is InChI=1S/C14H14ClF7N2O2/c1-7(2)26-11-9(15)4-8(5-10(11)25-3)6-23-24-14(21,22)12(16,17)13(18,19)20/h4-7,24H,1-3H3/b23-6-. The average molecular weight is 411 g/mol. The van der Waals surface area contributed by atoms with Crippen LogP contribution in [0, 0.1) is 0 Å². The number of methoxy groups -OCH3 is 1. The van der Waals surface area contributed by atoms with E-state index in [9.17, 15) is 30.7 Å². The van der Waals surface area contributed by atoms with Crippen LogP contribution in [0.2, 0.25) is 5.02 Å². The Bertz CT molecular complexity index is 663. The molecular formula is C14H14ClF7N2O2. The van der Waals surface area contributed by atoms with Crippen LogP contribution in [0.15, 0.2) is 17.2 Å². The van der Waals surface area contributed by atoms with E-state index >= 15 is 0 Å². The molecule has 148 valence electrons. The van der Waals surface area contributed by atoms with E-state index in [4.69, 9.17) is 21.1 Å². The third-order valence-electron chi connectivity index (χ3n) is 2.77. The van der Waals surface area contributed by atoms with Gasteiger partial charge < -0.3 is 9.47 Å². The van der Waals surface area contributed by atoms with Gasteiger partial charge in [-0.15, -0.1) is 0 Å². The molecule has 12 heteroatoms. The van der Waals surface area contributed by atoms with Gasteiger partial charge in [-0.1, -0.05) is 11.6 Å². The summed E-state index contributed by atoms with van der Waals surface area (Å²) in [6.07, 6.45) is -6.15. The number of benzene rings is 1. The minimum absolute atomic E-state index is 0.00752. The summed E-state index contributed by atoms with van der Waals surface area (Å²) < 4.78 is 98.0. The number of nitrogens with zero attached hydrogens (tertiary/aromatic N) is 1. The number of hydrogen-bond acceptors (Lipinski definition) is 4.